The molecule has 2 bridgehead atoms. The van der Waals surface area contributed by atoms with E-state index in [1.165, 1.54) is 19.1 Å². The normalized spacial score (nSPS) is 31.6. The maximum Gasteiger partial charge on any atom is 0.310 e. The molecule has 4 atom stereocenters. The first-order chi connectivity index (χ1) is 9.61. The minimum absolute atomic E-state index is 0. The molecule has 2 aliphatic heterocycles. The Morgan fingerprint density at radius 1 is 1.29 bits per heavy atom. The van der Waals surface area contributed by atoms with Gasteiger partial charge in [-0.05, 0) is 44.0 Å². The first-order valence-corrected chi connectivity index (χ1v) is 7.96. The minimum atomic E-state index is -0.0601. The second-order valence-electron chi connectivity index (χ2n) is 5.91. The first kappa shape index (κ1) is 16.8. The summed E-state index contributed by atoms with van der Waals surface area (Å²) in [4.78, 5) is 14.7. The van der Waals surface area contributed by atoms with Crippen molar-refractivity contribution in [3.63, 3.8) is 0 Å². The lowest BCUT2D eigenvalue weighted by atomic mass is 9.76. The van der Waals surface area contributed by atoms with Gasteiger partial charge < -0.3 is 4.74 Å². The van der Waals surface area contributed by atoms with Gasteiger partial charge in [-0.15, -0.1) is 12.4 Å². The van der Waals surface area contributed by atoms with Crippen molar-refractivity contribution < 1.29 is 9.53 Å². The number of rotatable bonds is 2. The number of hydrogen-bond donors (Lipinski definition) is 0. The highest BCUT2D eigenvalue weighted by atomic mass is 79.9. The van der Waals surface area contributed by atoms with E-state index in [-0.39, 0.29) is 30.2 Å². The molecule has 0 amide bonds. The maximum absolute atomic E-state index is 12.3. The van der Waals surface area contributed by atoms with Gasteiger partial charge in [0.2, 0.25) is 0 Å². The second-order valence-corrected chi connectivity index (χ2v) is 6.82. The number of hydrogen-bond acceptors (Lipinski definition) is 3. The Morgan fingerprint density at radius 3 is 2.57 bits per heavy atom. The number of nitrogens with zero attached hydrogens (tertiary/aromatic N) is 1. The zero-order valence-electron chi connectivity index (χ0n) is 12.3. The predicted octanol–water partition coefficient (Wildman–Crippen LogP) is 3.61. The van der Waals surface area contributed by atoms with Crippen LogP contribution >= 0.6 is 28.3 Å². The zero-order chi connectivity index (χ0) is 14.3. The van der Waals surface area contributed by atoms with E-state index in [1.807, 2.05) is 0 Å². The van der Waals surface area contributed by atoms with Gasteiger partial charge in [0.25, 0.3) is 0 Å². The number of methoxy groups -OCH3 is 1. The Bertz CT molecular complexity index is 508. The quantitative estimate of drug-likeness (QED) is 0.741. The van der Waals surface area contributed by atoms with Crippen molar-refractivity contribution in [3.8, 4) is 0 Å². The summed E-state index contributed by atoms with van der Waals surface area (Å²) in [7, 11) is 3.65. The van der Waals surface area contributed by atoms with Gasteiger partial charge in [0, 0.05) is 22.5 Å². The van der Waals surface area contributed by atoms with E-state index in [4.69, 9.17) is 4.74 Å². The SMILES string of the molecule is COC(=O)[C@H]1[C@@H](c2ccc(Br)cc2)C[C@@H]2CC[C@H]1N2C.Cl. The molecule has 21 heavy (non-hydrogen) atoms. The summed E-state index contributed by atoms with van der Waals surface area (Å²) in [6.07, 6.45) is 3.35. The Balaban J connectivity index is 0.00000161. The fourth-order valence-corrected chi connectivity index (χ4v) is 4.24. The van der Waals surface area contributed by atoms with Gasteiger partial charge in [-0.1, -0.05) is 28.1 Å². The predicted molar refractivity (Wildman–Crippen MR) is 88.8 cm³/mol. The molecular weight excluding hydrogens is 354 g/mol. The van der Waals surface area contributed by atoms with Crippen LogP contribution in [0, 0.1) is 5.92 Å². The molecule has 3 nitrogen and oxygen atoms in total. The number of benzene rings is 1. The average Bonchev–Trinajstić information content (AvgIpc) is 2.70. The number of carbonyl (C=O) groups excluding carboxylic acids is 1. The fourth-order valence-electron chi connectivity index (χ4n) is 3.98. The van der Waals surface area contributed by atoms with Crippen LogP contribution in [0.2, 0.25) is 0 Å². The van der Waals surface area contributed by atoms with Crippen LogP contribution in [0.3, 0.4) is 0 Å². The average molecular weight is 375 g/mol. The van der Waals surface area contributed by atoms with Crippen LogP contribution in [0.15, 0.2) is 28.7 Å². The molecule has 2 aliphatic rings. The molecule has 2 saturated heterocycles. The summed E-state index contributed by atoms with van der Waals surface area (Å²) in [5.74, 6) is 0.185. The van der Waals surface area contributed by atoms with Gasteiger partial charge in [-0.2, -0.15) is 0 Å². The van der Waals surface area contributed by atoms with Gasteiger partial charge in [0.15, 0.2) is 0 Å². The highest BCUT2D eigenvalue weighted by Crippen LogP contribution is 2.46. The minimum Gasteiger partial charge on any atom is -0.469 e. The van der Waals surface area contributed by atoms with Crippen molar-refractivity contribution in [2.75, 3.05) is 14.2 Å². The second kappa shape index (κ2) is 6.67. The number of piperidine rings is 1. The molecule has 5 heteroatoms. The molecular formula is C16H21BrClNO2. The van der Waals surface area contributed by atoms with E-state index in [2.05, 4.69) is 52.1 Å². The molecule has 3 rings (SSSR count). The maximum atomic E-state index is 12.3. The van der Waals surface area contributed by atoms with Crippen molar-refractivity contribution >= 4 is 34.3 Å². The van der Waals surface area contributed by atoms with E-state index < -0.39 is 0 Å². The molecule has 0 radical (unpaired) electrons. The molecule has 0 N–H and O–H groups in total. The molecule has 0 unspecified atom stereocenters. The van der Waals surface area contributed by atoms with Gasteiger partial charge in [-0.25, -0.2) is 0 Å². The van der Waals surface area contributed by atoms with Crippen LogP contribution in [-0.4, -0.2) is 37.1 Å². The van der Waals surface area contributed by atoms with Crippen molar-refractivity contribution in [3.05, 3.63) is 34.3 Å². The summed E-state index contributed by atoms with van der Waals surface area (Å²) in [6.45, 7) is 0. The number of fused-ring (bicyclic) bond motifs is 2. The summed E-state index contributed by atoms with van der Waals surface area (Å²) < 4.78 is 6.16. The van der Waals surface area contributed by atoms with Crippen molar-refractivity contribution in [2.24, 2.45) is 5.92 Å². The fraction of sp³-hybridized carbons (Fsp3) is 0.562. The molecule has 0 saturated carbocycles. The molecule has 0 aliphatic carbocycles. The molecule has 0 aromatic heterocycles. The smallest absolute Gasteiger partial charge is 0.310 e. The highest BCUT2D eigenvalue weighted by Gasteiger charge is 2.49. The Morgan fingerprint density at radius 2 is 1.95 bits per heavy atom. The van der Waals surface area contributed by atoms with Crippen LogP contribution in [-0.2, 0) is 9.53 Å². The van der Waals surface area contributed by atoms with Crippen LogP contribution in [0.25, 0.3) is 0 Å². The Labute approximate surface area is 140 Å². The van der Waals surface area contributed by atoms with Crippen LogP contribution < -0.4 is 0 Å². The first-order valence-electron chi connectivity index (χ1n) is 7.17. The third kappa shape index (κ3) is 2.99. The van der Waals surface area contributed by atoms with Crippen molar-refractivity contribution in [1.82, 2.24) is 4.90 Å². The van der Waals surface area contributed by atoms with E-state index in [1.54, 1.807) is 0 Å². The van der Waals surface area contributed by atoms with Gasteiger partial charge >= 0.3 is 5.97 Å². The molecule has 1 aromatic rings. The standard InChI is InChI=1S/C16H20BrNO2.ClH/c1-18-12-7-8-14(18)15(16(19)20-2)13(9-12)10-3-5-11(17)6-4-10;/h3-6,12-15H,7-9H2,1-2H3;1H/t12-,13+,14+,15-;/m0./s1. The lowest BCUT2D eigenvalue weighted by Gasteiger charge is -2.41. The van der Waals surface area contributed by atoms with Gasteiger partial charge in [0.05, 0.1) is 13.0 Å². The van der Waals surface area contributed by atoms with Gasteiger partial charge in [-0.3, -0.25) is 9.69 Å². The molecule has 116 valence electrons. The van der Waals surface area contributed by atoms with E-state index in [0.717, 1.165) is 17.3 Å². The zero-order valence-corrected chi connectivity index (χ0v) is 14.7. The number of carbonyl (C=O) groups is 1. The number of esters is 1. The van der Waals surface area contributed by atoms with Crippen molar-refractivity contribution in [1.29, 1.82) is 0 Å². The van der Waals surface area contributed by atoms with Crippen LogP contribution in [0.5, 0.6) is 0 Å². The summed E-state index contributed by atoms with van der Waals surface area (Å²) >= 11 is 3.47. The number of halogens is 2. The largest absolute Gasteiger partial charge is 0.469 e. The summed E-state index contributed by atoms with van der Waals surface area (Å²) in [6, 6.07) is 9.32. The lowest BCUT2D eigenvalue weighted by Crippen LogP contribution is -2.49. The van der Waals surface area contributed by atoms with E-state index in [0.29, 0.717) is 12.1 Å². The van der Waals surface area contributed by atoms with E-state index in [9.17, 15) is 4.79 Å². The summed E-state index contributed by atoms with van der Waals surface area (Å²) in [5, 5.41) is 0. The third-order valence-electron chi connectivity index (χ3n) is 5.04. The van der Waals surface area contributed by atoms with Gasteiger partial charge in [0.1, 0.15) is 0 Å². The Kier molecular flexibility index (Phi) is 5.33. The molecule has 2 heterocycles. The van der Waals surface area contributed by atoms with Crippen LogP contribution in [0.1, 0.15) is 30.7 Å². The topological polar surface area (TPSA) is 29.5 Å². The Hall–Kier alpha value is -0.580. The van der Waals surface area contributed by atoms with E-state index >= 15 is 0 Å². The van der Waals surface area contributed by atoms with Crippen molar-refractivity contribution in [2.45, 2.75) is 37.3 Å². The van der Waals surface area contributed by atoms with Crippen LogP contribution in [0.4, 0.5) is 0 Å². The molecule has 0 spiro atoms. The molecule has 2 fully saturated rings. The monoisotopic (exact) mass is 373 g/mol. The lowest BCUT2D eigenvalue weighted by molar-refractivity contribution is -0.150. The number of ether oxygens (including phenoxy) is 1. The third-order valence-corrected chi connectivity index (χ3v) is 5.57. The summed E-state index contributed by atoms with van der Waals surface area (Å²) in [5.41, 5.74) is 1.26. The molecule has 1 aromatic carbocycles. The highest BCUT2D eigenvalue weighted by molar-refractivity contribution is 9.10.